The summed E-state index contributed by atoms with van der Waals surface area (Å²) in [6.07, 6.45) is 0.309. The fourth-order valence-electron chi connectivity index (χ4n) is 3.16. The number of hydrogen-bond acceptors (Lipinski definition) is 4. The lowest BCUT2D eigenvalue weighted by Crippen LogP contribution is -2.52. The van der Waals surface area contributed by atoms with Crippen LogP contribution in [0.15, 0.2) is 60.7 Å². The van der Waals surface area contributed by atoms with Crippen molar-refractivity contribution in [3.8, 4) is 0 Å². The van der Waals surface area contributed by atoms with E-state index in [4.69, 9.17) is 9.78 Å². The zero-order chi connectivity index (χ0) is 16.5. The van der Waals surface area contributed by atoms with Crippen molar-refractivity contribution in [3.63, 3.8) is 0 Å². The molecule has 0 spiro atoms. The molecule has 1 heterocycles. The maximum absolute atomic E-state index is 12.1. The minimum absolute atomic E-state index is 0.130. The quantitative estimate of drug-likeness (QED) is 0.884. The first-order valence-corrected chi connectivity index (χ1v) is 7.66. The summed E-state index contributed by atoms with van der Waals surface area (Å²) < 4.78 is 0. The molecule has 2 atom stereocenters. The zero-order valence-corrected chi connectivity index (χ0v) is 13.2. The van der Waals surface area contributed by atoms with Crippen molar-refractivity contribution < 1.29 is 19.7 Å². The first-order valence-electron chi connectivity index (χ1n) is 7.66. The molecule has 3 rings (SSSR count). The average Bonchev–Trinajstić information content (AvgIpc) is 2.56. The highest BCUT2D eigenvalue weighted by molar-refractivity contribution is 5.79. The monoisotopic (exact) mass is 312 g/mol. The molecule has 0 amide bonds. The van der Waals surface area contributed by atoms with Gasteiger partial charge in [-0.05, 0) is 25.0 Å². The molecular formula is C19H20O4. The van der Waals surface area contributed by atoms with E-state index in [1.165, 1.54) is 13.8 Å². The highest BCUT2D eigenvalue weighted by Gasteiger charge is 2.52. The van der Waals surface area contributed by atoms with Crippen molar-refractivity contribution in [2.75, 3.05) is 0 Å². The minimum atomic E-state index is -1.64. The predicted octanol–water partition coefficient (Wildman–Crippen LogP) is 3.20. The molecular weight excluding hydrogens is 292 g/mol. The summed E-state index contributed by atoms with van der Waals surface area (Å²) in [5.41, 5.74) is 0.835. The lowest BCUT2D eigenvalue weighted by molar-refractivity contribution is -0.487. The van der Waals surface area contributed by atoms with Gasteiger partial charge in [-0.25, -0.2) is 4.89 Å². The van der Waals surface area contributed by atoms with E-state index in [1.54, 1.807) is 0 Å². The van der Waals surface area contributed by atoms with Crippen LogP contribution < -0.4 is 0 Å². The minimum Gasteiger partial charge on any atom is -0.363 e. The van der Waals surface area contributed by atoms with Gasteiger partial charge >= 0.3 is 0 Å². The third kappa shape index (κ3) is 2.81. The Morgan fingerprint density at radius 3 is 1.91 bits per heavy atom. The Bertz CT molecular complexity index is 640. The van der Waals surface area contributed by atoms with Crippen LogP contribution in [0.3, 0.4) is 0 Å². The van der Waals surface area contributed by atoms with Crippen LogP contribution in [0.1, 0.15) is 31.4 Å². The second kappa shape index (κ2) is 5.89. The summed E-state index contributed by atoms with van der Waals surface area (Å²) in [6, 6.07) is 19.3. The maximum atomic E-state index is 12.1. The zero-order valence-electron chi connectivity index (χ0n) is 13.2. The first-order chi connectivity index (χ1) is 11.0. The molecule has 1 saturated heterocycles. The van der Waals surface area contributed by atoms with Crippen molar-refractivity contribution in [1.29, 1.82) is 0 Å². The Balaban J connectivity index is 2.13. The molecule has 120 valence electrons. The number of benzene rings is 2. The summed E-state index contributed by atoms with van der Waals surface area (Å²) in [5, 5.41) is 10.4. The van der Waals surface area contributed by atoms with Crippen molar-refractivity contribution >= 4 is 5.78 Å². The van der Waals surface area contributed by atoms with Gasteiger partial charge in [-0.2, -0.15) is 4.89 Å². The van der Waals surface area contributed by atoms with E-state index in [1.807, 2.05) is 60.7 Å². The van der Waals surface area contributed by atoms with Gasteiger partial charge in [-0.3, -0.25) is 4.79 Å². The van der Waals surface area contributed by atoms with Crippen LogP contribution in [0, 0.1) is 5.92 Å². The number of carbonyl (C=O) groups excluding carboxylic acids is 1. The largest absolute Gasteiger partial charge is 0.363 e. The number of ketones is 1. The van der Waals surface area contributed by atoms with E-state index < -0.39 is 17.3 Å². The van der Waals surface area contributed by atoms with Crippen molar-refractivity contribution in [3.05, 3.63) is 71.8 Å². The van der Waals surface area contributed by atoms with Crippen LogP contribution in [0.4, 0.5) is 0 Å². The Morgan fingerprint density at radius 1 is 1.00 bits per heavy atom. The van der Waals surface area contributed by atoms with Gasteiger partial charge in [0.25, 0.3) is 0 Å². The number of carbonyl (C=O) groups is 1. The van der Waals surface area contributed by atoms with Crippen molar-refractivity contribution in [2.45, 2.75) is 31.7 Å². The molecule has 0 aromatic heterocycles. The maximum Gasteiger partial charge on any atom is 0.206 e. The molecule has 4 heteroatoms. The molecule has 2 aromatic carbocycles. The lowest BCUT2D eigenvalue weighted by Gasteiger charge is -2.45. The summed E-state index contributed by atoms with van der Waals surface area (Å²) in [4.78, 5) is 23.1. The van der Waals surface area contributed by atoms with Gasteiger partial charge in [0.2, 0.25) is 5.79 Å². The van der Waals surface area contributed by atoms with Crippen LogP contribution in [0.2, 0.25) is 0 Å². The van der Waals surface area contributed by atoms with Gasteiger partial charge in [-0.1, -0.05) is 60.7 Å². The van der Waals surface area contributed by atoms with Crippen molar-refractivity contribution in [2.24, 2.45) is 5.92 Å². The molecule has 1 aliphatic rings. The van der Waals surface area contributed by atoms with E-state index in [-0.39, 0.29) is 5.78 Å². The highest BCUT2D eigenvalue weighted by atomic mass is 17.2. The van der Waals surface area contributed by atoms with Gasteiger partial charge in [0.1, 0.15) is 5.78 Å². The number of aliphatic hydroxyl groups is 1. The second-order valence-corrected chi connectivity index (χ2v) is 6.15. The standard InChI is InChI=1S/C19H20O4/c1-14(20)17-13-19(23-22-18(17,2)21,15-9-5-3-6-10-15)16-11-7-4-8-12-16/h3-12,17,21H,13H2,1-2H3. The molecule has 1 N–H and O–H groups in total. The van der Waals surface area contributed by atoms with Gasteiger partial charge in [0.05, 0.1) is 5.92 Å². The van der Waals surface area contributed by atoms with Crippen LogP contribution in [-0.2, 0) is 20.2 Å². The summed E-state index contributed by atoms with van der Waals surface area (Å²) in [6.45, 7) is 2.92. The van der Waals surface area contributed by atoms with Crippen LogP contribution in [0.5, 0.6) is 0 Å². The molecule has 23 heavy (non-hydrogen) atoms. The Hall–Kier alpha value is -2.01. The Labute approximate surface area is 135 Å². The summed E-state index contributed by atoms with van der Waals surface area (Å²) in [5.74, 6) is -2.45. The molecule has 0 saturated carbocycles. The fraction of sp³-hybridized carbons (Fsp3) is 0.316. The fourth-order valence-corrected chi connectivity index (χ4v) is 3.16. The Kier molecular flexibility index (Phi) is 4.06. The average molecular weight is 312 g/mol. The molecule has 1 aliphatic heterocycles. The smallest absolute Gasteiger partial charge is 0.206 e. The van der Waals surface area contributed by atoms with Gasteiger partial charge in [-0.15, -0.1) is 0 Å². The molecule has 0 bridgehead atoms. The topological polar surface area (TPSA) is 55.8 Å². The van der Waals surface area contributed by atoms with E-state index >= 15 is 0 Å². The molecule has 2 aromatic rings. The molecule has 2 unspecified atom stereocenters. The van der Waals surface area contributed by atoms with E-state index in [0.717, 1.165) is 11.1 Å². The first kappa shape index (κ1) is 15.9. The van der Waals surface area contributed by atoms with Crippen LogP contribution >= 0.6 is 0 Å². The van der Waals surface area contributed by atoms with E-state index in [9.17, 15) is 9.90 Å². The van der Waals surface area contributed by atoms with Crippen LogP contribution in [-0.4, -0.2) is 16.7 Å². The number of hydrogen-bond donors (Lipinski definition) is 1. The molecule has 0 radical (unpaired) electrons. The molecule has 4 nitrogen and oxygen atoms in total. The third-order valence-electron chi connectivity index (χ3n) is 4.46. The Morgan fingerprint density at radius 2 is 1.48 bits per heavy atom. The predicted molar refractivity (Wildman–Crippen MR) is 85.2 cm³/mol. The van der Waals surface area contributed by atoms with E-state index in [0.29, 0.717) is 6.42 Å². The normalized spacial score (nSPS) is 26.7. The van der Waals surface area contributed by atoms with Gasteiger partial charge < -0.3 is 5.11 Å². The van der Waals surface area contributed by atoms with Gasteiger partial charge in [0.15, 0.2) is 5.60 Å². The SMILES string of the molecule is CC(=O)C1CC(c2ccccc2)(c2ccccc2)OOC1(C)O. The van der Waals surface area contributed by atoms with Crippen molar-refractivity contribution in [1.82, 2.24) is 0 Å². The van der Waals surface area contributed by atoms with E-state index in [2.05, 4.69) is 0 Å². The summed E-state index contributed by atoms with van der Waals surface area (Å²) in [7, 11) is 0. The summed E-state index contributed by atoms with van der Waals surface area (Å²) >= 11 is 0. The third-order valence-corrected chi connectivity index (χ3v) is 4.46. The number of rotatable bonds is 3. The molecule has 0 aliphatic carbocycles. The molecule has 1 fully saturated rings. The number of Topliss-reactive ketones (excluding diaryl/α,β-unsaturated/α-hetero) is 1. The van der Waals surface area contributed by atoms with Gasteiger partial charge in [0, 0.05) is 6.42 Å². The highest BCUT2D eigenvalue weighted by Crippen LogP contribution is 2.47. The second-order valence-electron chi connectivity index (χ2n) is 6.15. The van der Waals surface area contributed by atoms with Crippen LogP contribution in [0.25, 0.3) is 0 Å². The lowest BCUT2D eigenvalue weighted by atomic mass is 9.75.